The molecule has 0 aliphatic heterocycles. The van der Waals surface area contributed by atoms with E-state index in [-0.39, 0.29) is 34.5 Å². The molecule has 5 saturated carbocycles. The molecule has 5 aliphatic carbocycles. The molecule has 25 heavy (non-hydrogen) atoms. The molecule has 0 aromatic heterocycles. The van der Waals surface area contributed by atoms with Crippen LogP contribution in [0.1, 0.15) is 66.2 Å². The van der Waals surface area contributed by atoms with Gasteiger partial charge in [-0.05, 0) is 81.5 Å². The fraction of sp³-hybridized carbons (Fsp3) is 0.810. The number of amides is 2. The highest BCUT2D eigenvalue weighted by Gasteiger charge is 2.60. The third-order valence-electron chi connectivity index (χ3n) is 7.53. The number of nitrogens with one attached hydrogen (secondary N) is 2. The van der Waals surface area contributed by atoms with Crippen molar-refractivity contribution >= 4 is 11.8 Å². The van der Waals surface area contributed by atoms with Crippen LogP contribution in [0.25, 0.3) is 0 Å². The molecule has 4 heteroatoms. The van der Waals surface area contributed by atoms with E-state index in [0.29, 0.717) is 0 Å². The third-order valence-corrected chi connectivity index (χ3v) is 7.53. The van der Waals surface area contributed by atoms with Crippen LogP contribution >= 0.6 is 0 Å². The van der Waals surface area contributed by atoms with Gasteiger partial charge in [-0.3, -0.25) is 20.4 Å². The number of carbonyl (C=O) groups excluding carboxylic acids is 2. The van der Waals surface area contributed by atoms with Crippen LogP contribution in [0.2, 0.25) is 0 Å². The van der Waals surface area contributed by atoms with Crippen LogP contribution in [0.4, 0.5) is 0 Å². The molecule has 0 aromatic rings. The minimum absolute atomic E-state index is 0.0211. The molecular weight excluding hydrogens is 312 g/mol. The second-order valence-corrected chi connectivity index (χ2v) is 10.2. The Morgan fingerprint density at radius 3 is 1.92 bits per heavy atom. The van der Waals surface area contributed by atoms with Gasteiger partial charge in [-0.25, -0.2) is 0 Å². The molecule has 5 aliphatic rings. The van der Waals surface area contributed by atoms with Crippen LogP contribution in [0.5, 0.6) is 0 Å². The second-order valence-electron chi connectivity index (χ2n) is 10.2. The van der Waals surface area contributed by atoms with Crippen molar-refractivity contribution in [1.29, 1.82) is 0 Å². The largest absolute Gasteiger partial charge is 0.273 e. The van der Waals surface area contributed by atoms with Crippen LogP contribution in [0.3, 0.4) is 0 Å². The molecule has 2 amide bonds. The lowest BCUT2D eigenvalue weighted by Gasteiger charge is -2.55. The molecule has 0 radical (unpaired) electrons. The van der Waals surface area contributed by atoms with Crippen LogP contribution in [0.15, 0.2) is 11.6 Å². The summed E-state index contributed by atoms with van der Waals surface area (Å²) in [4.78, 5) is 25.5. The summed E-state index contributed by atoms with van der Waals surface area (Å²) in [6.07, 6.45) is 9.21. The Balaban J connectivity index is 1.37. The maximum Gasteiger partial charge on any atom is 0.244 e. The van der Waals surface area contributed by atoms with Crippen LogP contribution < -0.4 is 10.9 Å². The van der Waals surface area contributed by atoms with E-state index in [4.69, 9.17) is 0 Å². The van der Waals surface area contributed by atoms with Gasteiger partial charge in [0, 0.05) is 0 Å². The number of rotatable bonds is 3. The van der Waals surface area contributed by atoms with Crippen molar-refractivity contribution in [2.75, 3.05) is 0 Å². The number of hydrogen-bond acceptors (Lipinski definition) is 2. The number of hydrogen-bond donors (Lipinski definition) is 2. The fourth-order valence-electron chi connectivity index (χ4n) is 6.57. The van der Waals surface area contributed by atoms with E-state index in [1.165, 1.54) is 24.8 Å². The van der Waals surface area contributed by atoms with E-state index in [1.54, 1.807) is 0 Å². The minimum Gasteiger partial charge on any atom is -0.273 e. The van der Waals surface area contributed by atoms with Crippen molar-refractivity contribution in [3.63, 3.8) is 0 Å². The SMILES string of the molecule is CC(C)=CC1C(C(=O)NNC(=O)C23CC4CC(CC(C4)C2)C3)C1(C)C. The summed E-state index contributed by atoms with van der Waals surface area (Å²) >= 11 is 0. The van der Waals surface area contributed by atoms with Gasteiger partial charge in [0.1, 0.15) is 0 Å². The maximum atomic E-state index is 12.9. The summed E-state index contributed by atoms with van der Waals surface area (Å²) in [7, 11) is 0. The summed E-state index contributed by atoms with van der Waals surface area (Å²) in [6, 6.07) is 0. The molecule has 0 heterocycles. The highest BCUT2D eigenvalue weighted by atomic mass is 16.2. The predicted octanol–water partition coefficient (Wildman–Crippen LogP) is 3.59. The molecule has 5 rings (SSSR count). The maximum absolute atomic E-state index is 12.9. The molecule has 5 fully saturated rings. The Hall–Kier alpha value is -1.32. The topological polar surface area (TPSA) is 58.2 Å². The Bertz CT molecular complexity index is 595. The summed E-state index contributed by atoms with van der Waals surface area (Å²) in [5.74, 6) is 2.46. The van der Waals surface area contributed by atoms with Gasteiger partial charge in [-0.1, -0.05) is 25.5 Å². The normalized spacial score (nSPS) is 42.6. The van der Waals surface area contributed by atoms with Crippen LogP contribution in [0, 0.1) is 40.4 Å². The van der Waals surface area contributed by atoms with E-state index >= 15 is 0 Å². The van der Waals surface area contributed by atoms with E-state index in [0.717, 1.165) is 37.0 Å². The van der Waals surface area contributed by atoms with E-state index in [1.807, 2.05) is 0 Å². The first-order valence-corrected chi connectivity index (χ1v) is 9.96. The average molecular weight is 344 g/mol. The third kappa shape index (κ3) is 2.82. The molecule has 4 nitrogen and oxygen atoms in total. The number of hydrazine groups is 1. The lowest BCUT2D eigenvalue weighted by molar-refractivity contribution is -0.149. The Labute approximate surface area is 151 Å². The van der Waals surface area contributed by atoms with Crippen molar-refractivity contribution in [3.8, 4) is 0 Å². The first-order chi connectivity index (χ1) is 11.7. The monoisotopic (exact) mass is 344 g/mol. The fourth-order valence-corrected chi connectivity index (χ4v) is 6.57. The zero-order chi connectivity index (χ0) is 18.0. The van der Waals surface area contributed by atoms with Crippen LogP contribution in [-0.2, 0) is 9.59 Å². The van der Waals surface area contributed by atoms with Gasteiger partial charge in [-0.2, -0.15) is 0 Å². The Morgan fingerprint density at radius 1 is 0.920 bits per heavy atom. The summed E-state index contributed by atoms with van der Waals surface area (Å²) < 4.78 is 0. The van der Waals surface area contributed by atoms with E-state index in [9.17, 15) is 9.59 Å². The van der Waals surface area contributed by atoms with Gasteiger partial charge in [0.15, 0.2) is 0 Å². The summed E-state index contributed by atoms with van der Waals surface area (Å²) in [5.41, 5.74) is 6.59. The molecule has 138 valence electrons. The van der Waals surface area contributed by atoms with Crippen molar-refractivity contribution in [1.82, 2.24) is 10.9 Å². The number of allylic oxidation sites excluding steroid dienone is 2. The molecule has 2 unspecified atom stereocenters. The molecule has 2 N–H and O–H groups in total. The lowest BCUT2D eigenvalue weighted by Crippen LogP contribution is -2.57. The van der Waals surface area contributed by atoms with Crippen molar-refractivity contribution in [3.05, 3.63) is 11.6 Å². The van der Waals surface area contributed by atoms with E-state index < -0.39 is 0 Å². The zero-order valence-corrected chi connectivity index (χ0v) is 16.0. The molecule has 0 saturated heterocycles. The quantitative estimate of drug-likeness (QED) is 0.607. The molecular formula is C21H32N2O2. The minimum atomic E-state index is -0.208. The summed E-state index contributed by atoms with van der Waals surface area (Å²) in [6.45, 7) is 8.39. The molecule has 0 aromatic carbocycles. The molecule has 0 spiro atoms. The second kappa shape index (κ2) is 5.59. The Kier molecular flexibility index (Phi) is 3.82. The first kappa shape index (κ1) is 17.1. The van der Waals surface area contributed by atoms with Crippen molar-refractivity contribution in [2.24, 2.45) is 40.4 Å². The Morgan fingerprint density at radius 2 is 1.44 bits per heavy atom. The van der Waals surface area contributed by atoms with Crippen LogP contribution in [-0.4, -0.2) is 11.8 Å². The lowest BCUT2D eigenvalue weighted by atomic mass is 9.49. The van der Waals surface area contributed by atoms with Gasteiger partial charge in [-0.15, -0.1) is 0 Å². The van der Waals surface area contributed by atoms with Crippen molar-refractivity contribution in [2.45, 2.75) is 66.2 Å². The highest BCUT2D eigenvalue weighted by molar-refractivity contribution is 5.88. The average Bonchev–Trinajstić information content (AvgIpc) is 3.03. The number of carbonyl (C=O) groups is 2. The first-order valence-electron chi connectivity index (χ1n) is 9.96. The van der Waals surface area contributed by atoms with Crippen molar-refractivity contribution < 1.29 is 9.59 Å². The van der Waals surface area contributed by atoms with Gasteiger partial charge in [0.05, 0.1) is 11.3 Å². The van der Waals surface area contributed by atoms with Gasteiger partial charge >= 0.3 is 0 Å². The highest BCUT2D eigenvalue weighted by Crippen LogP contribution is 2.60. The zero-order valence-electron chi connectivity index (χ0n) is 16.0. The smallest absolute Gasteiger partial charge is 0.244 e. The van der Waals surface area contributed by atoms with E-state index in [2.05, 4.69) is 44.6 Å². The predicted molar refractivity (Wildman–Crippen MR) is 97.1 cm³/mol. The molecule has 2 atom stereocenters. The van der Waals surface area contributed by atoms with Gasteiger partial charge < -0.3 is 0 Å². The molecule has 4 bridgehead atoms. The van der Waals surface area contributed by atoms with Gasteiger partial charge in [0.2, 0.25) is 11.8 Å². The van der Waals surface area contributed by atoms with Gasteiger partial charge in [0.25, 0.3) is 0 Å². The standard InChI is InChI=1S/C21H32N2O2/c1-12(2)5-16-17(20(16,3)4)18(24)22-23-19(25)21-9-13-6-14(10-21)8-15(7-13)11-21/h5,13-17H,6-11H2,1-4H3,(H,22,24)(H,23,25). The summed E-state index contributed by atoms with van der Waals surface area (Å²) in [5, 5.41) is 0.